The van der Waals surface area contributed by atoms with Crippen LogP contribution in [0, 0.1) is 0 Å². The van der Waals surface area contributed by atoms with Gasteiger partial charge >= 0.3 is 0 Å². The molecular formula is C23H29ClN2O4S. The van der Waals surface area contributed by atoms with E-state index in [1.807, 2.05) is 24.3 Å². The number of nitrogens with zero attached hydrogens (tertiary/aromatic N) is 1. The molecule has 2 aromatic rings. The molecule has 1 aliphatic heterocycles. The second-order valence-electron chi connectivity index (χ2n) is 8.01. The maximum absolute atomic E-state index is 13.3. The summed E-state index contributed by atoms with van der Waals surface area (Å²) in [6.45, 7) is 5.73. The molecule has 1 heterocycles. The summed E-state index contributed by atoms with van der Waals surface area (Å²) in [6, 6.07) is 12.8. The molecule has 3 rings (SSSR count). The van der Waals surface area contributed by atoms with E-state index in [2.05, 4.69) is 19.2 Å². The molecule has 1 aliphatic rings. The summed E-state index contributed by atoms with van der Waals surface area (Å²) < 4.78 is 32.5. The first-order valence-corrected chi connectivity index (χ1v) is 12.7. The summed E-state index contributed by atoms with van der Waals surface area (Å²) in [5.74, 6) is 0.385. The lowest BCUT2D eigenvalue weighted by atomic mass is 9.83. The van der Waals surface area contributed by atoms with E-state index in [9.17, 15) is 13.2 Å². The number of hydrogen-bond acceptors (Lipinski definition) is 4. The Hall–Kier alpha value is -2.25. The molecular weight excluding hydrogens is 436 g/mol. The van der Waals surface area contributed by atoms with Crippen molar-refractivity contribution in [2.45, 2.75) is 57.7 Å². The number of carbonyl (C=O) groups is 1. The van der Waals surface area contributed by atoms with Crippen molar-refractivity contribution in [2.75, 3.05) is 10.6 Å². The molecule has 0 spiro atoms. The maximum atomic E-state index is 13.3. The Labute approximate surface area is 189 Å². The number of sulfonamides is 1. The van der Waals surface area contributed by atoms with Gasteiger partial charge in [0.1, 0.15) is 17.4 Å². The Morgan fingerprint density at radius 1 is 1.19 bits per heavy atom. The van der Waals surface area contributed by atoms with Crippen molar-refractivity contribution in [3.63, 3.8) is 0 Å². The van der Waals surface area contributed by atoms with Crippen molar-refractivity contribution < 1.29 is 17.9 Å². The topological polar surface area (TPSA) is 75.7 Å². The minimum absolute atomic E-state index is 0.272. The molecule has 8 heteroatoms. The van der Waals surface area contributed by atoms with Crippen LogP contribution in [-0.2, 0) is 14.8 Å². The smallest absolute Gasteiger partial charge is 0.244 e. The molecule has 6 nitrogen and oxygen atoms in total. The number of anilines is 1. The van der Waals surface area contributed by atoms with Crippen LogP contribution in [0.25, 0.3) is 0 Å². The summed E-state index contributed by atoms with van der Waals surface area (Å²) in [6.07, 6.45) is 3.32. The molecule has 0 aliphatic carbocycles. The fraction of sp³-hybridized carbons (Fsp3) is 0.435. The number of hydrogen-bond donors (Lipinski definition) is 1. The normalized spacial score (nSPS) is 18.4. The van der Waals surface area contributed by atoms with Gasteiger partial charge in [0, 0.05) is 17.0 Å². The van der Waals surface area contributed by atoms with Crippen LogP contribution >= 0.6 is 11.6 Å². The molecule has 1 N–H and O–H groups in total. The highest BCUT2D eigenvalue weighted by molar-refractivity contribution is 7.92. The molecule has 2 aromatic carbocycles. The van der Waals surface area contributed by atoms with Crippen molar-refractivity contribution in [3.05, 3.63) is 59.1 Å². The number of para-hydroxylation sites is 1. The van der Waals surface area contributed by atoms with E-state index in [1.54, 1.807) is 31.2 Å². The first-order valence-electron chi connectivity index (χ1n) is 10.4. The third kappa shape index (κ3) is 4.99. The van der Waals surface area contributed by atoms with E-state index in [0.29, 0.717) is 17.1 Å². The van der Waals surface area contributed by atoms with Crippen LogP contribution in [0.15, 0.2) is 48.5 Å². The quantitative estimate of drug-likeness (QED) is 0.644. The molecule has 2 atom stereocenters. The summed E-state index contributed by atoms with van der Waals surface area (Å²) in [5.41, 5.74) is 0.916. The number of halogens is 1. The Balaban J connectivity index is 1.90. The Morgan fingerprint density at radius 2 is 1.81 bits per heavy atom. The van der Waals surface area contributed by atoms with Crippen LogP contribution < -0.4 is 14.4 Å². The van der Waals surface area contributed by atoms with Gasteiger partial charge < -0.3 is 10.1 Å². The van der Waals surface area contributed by atoms with Crippen molar-refractivity contribution in [1.29, 1.82) is 0 Å². The Kier molecular flexibility index (Phi) is 6.86. The number of rotatable bonds is 7. The number of carbonyl (C=O) groups excluding carboxylic acids is 1. The van der Waals surface area contributed by atoms with E-state index in [1.165, 1.54) is 0 Å². The van der Waals surface area contributed by atoms with Gasteiger partial charge in [-0.1, -0.05) is 43.6 Å². The zero-order valence-corrected chi connectivity index (χ0v) is 19.8. The minimum Gasteiger partial charge on any atom is -0.487 e. The fourth-order valence-electron chi connectivity index (χ4n) is 4.12. The van der Waals surface area contributed by atoms with E-state index < -0.39 is 16.1 Å². The minimum atomic E-state index is -3.70. The van der Waals surface area contributed by atoms with Crippen molar-refractivity contribution >= 4 is 33.2 Å². The lowest BCUT2D eigenvalue weighted by Crippen LogP contribution is -2.51. The van der Waals surface area contributed by atoms with Crippen LogP contribution in [0.1, 0.15) is 51.6 Å². The van der Waals surface area contributed by atoms with Gasteiger partial charge in [-0.3, -0.25) is 9.10 Å². The maximum Gasteiger partial charge on any atom is 0.244 e. The van der Waals surface area contributed by atoms with Gasteiger partial charge in [-0.2, -0.15) is 0 Å². The van der Waals surface area contributed by atoms with Gasteiger partial charge in [0.05, 0.1) is 18.0 Å². The molecule has 168 valence electrons. The van der Waals surface area contributed by atoms with Gasteiger partial charge in [-0.25, -0.2) is 8.42 Å². The van der Waals surface area contributed by atoms with Crippen LogP contribution in [-0.4, -0.2) is 32.2 Å². The van der Waals surface area contributed by atoms with E-state index >= 15 is 0 Å². The molecule has 0 aromatic heterocycles. The number of benzene rings is 2. The van der Waals surface area contributed by atoms with Crippen molar-refractivity contribution in [1.82, 2.24) is 5.32 Å². The average molecular weight is 465 g/mol. The monoisotopic (exact) mass is 464 g/mol. The summed E-state index contributed by atoms with van der Waals surface area (Å²) in [7, 11) is -3.70. The van der Waals surface area contributed by atoms with Crippen LogP contribution in [0.2, 0.25) is 5.02 Å². The van der Waals surface area contributed by atoms with Gasteiger partial charge in [0.25, 0.3) is 0 Å². The molecule has 0 saturated carbocycles. The summed E-state index contributed by atoms with van der Waals surface area (Å²) >= 11 is 5.94. The highest BCUT2D eigenvalue weighted by atomic mass is 35.5. The Morgan fingerprint density at radius 3 is 2.39 bits per heavy atom. The second kappa shape index (κ2) is 9.09. The highest BCUT2D eigenvalue weighted by Crippen LogP contribution is 2.42. The van der Waals surface area contributed by atoms with Crippen LogP contribution in [0.4, 0.5) is 5.69 Å². The first-order chi connectivity index (χ1) is 14.6. The number of fused-ring (bicyclic) bond motifs is 1. The van der Waals surface area contributed by atoms with E-state index in [-0.39, 0.29) is 17.6 Å². The van der Waals surface area contributed by atoms with Crippen LogP contribution in [0.5, 0.6) is 5.75 Å². The lowest BCUT2D eigenvalue weighted by Gasteiger charge is -2.42. The average Bonchev–Trinajstić information content (AvgIpc) is 2.74. The predicted octanol–water partition coefficient (Wildman–Crippen LogP) is 4.69. The third-order valence-corrected chi connectivity index (χ3v) is 7.47. The summed E-state index contributed by atoms with van der Waals surface area (Å²) in [5, 5.41) is 3.57. The second-order valence-corrected chi connectivity index (χ2v) is 10.3. The predicted molar refractivity (Wildman–Crippen MR) is 124 cm³/mol. The fourth-order valence-corrected chi connectivity index (χ4v) is 5.42. The standard InChI is InChI=1S/C23H29ClN2O4S/c1-5-23(6-2)15-20(19-9-7-8-10-21(19)30-23)25-22(27)16(3)26(31(4,28)29)18-13-11-17(24)12-14-18/h7-14,16,20H,5-6,15H2,1-4H3,(H,25,27)/t16-,20-/m1/s1. The molecule has 0 unspecified atom stereocenters. The molecule has 31 heavy (non-hydrogen) atoms. The molecule has 0 fully saturated rings. The van der Waals surface area contributed by atoms with Gasteiger partial charge in [0.2, 0.25) is 15.9 Å². The zero-order valence-electron chi connectivity index (χ0n) is 18.3. The highest BCUT2D eigenvalue weighted by Gasteiger charge is 2.40. The van der Waals surface area contributed by atoms with E-state index in [4.69, 9.17) is 16.3 Å². The van der Waals surface area contributed by atoms with Crippen LogP contribution in [0.3, 0.4) is 0 Å². The van der Waals surface area contributed by atoms with Gasteiger partial charge in [-0.15, -0.1) is 0 Å². The molecule has 0 bridgehead atoms. The molecule has 1 amide bonds. The lowest BCUT2D eigenvalue weighted by molar-refractivity contribution is -0.123. The summed E-state index contributed by atoms with van der Waals surface area (Å²) in [4.78, 5) is 13.3. The molecule has 0 saturated heterocycles. The van der Waals surface area contributed by atoms with E-state index in [0.717, 1.165) is 34.7 Å². The number of ether oxygens (including phenoxy) is 1. The SMILES string of the molecule is CCC1(CC)C[C@@H](NC(=O)[C@@H](C)N(c2ccc(Cl)cc2)S(C)(=O)=O)c2ccccc2O1. The van der Waals surface area contributed by atoms with Crippen molar-refractivity contribution in [3.8, 4) is 5.75 Å². The zero-order chi connectivity index (χ0) is 22.8. The third-order valence-electron chi connectivity index (χ3n) is 5.97. The van der Waals surface area contributed by atoms with Crippen molar-refractivity contribution in [2.24, 2.45) is 0 Å². The number of nitrogens with one attached hydrogen (secondary N) is 1. The first kappa shape index (κ1) is 23.4. The van der Waals surface area contributed by atoms with Gasteiger partial charge in [-0.05, 0) is 50.1 Å². The van der Waals surface area contributed by atoms with Gasteiger partial charge in [0.15, 0.2) is 0 Å². The Bertz CT molecular complexity index is 1040. The molecule has 0 radical (unpaired) electrons. The largest absolute Gasteiger partial charge is 0.487 e. The number of amides is 1.